The van der Waals surface area contributed by atoms with Crippen LogP contribution >= 0.6 is 0 Å². The van der Waals surface area contributed by atoms with Crippen molar-refractivity contribution in [3.05, 3.63) is 41.5 Å². The van der Waals surface area contributed by atoms with Gasteiger partial charge in [-0.05, 0) is 66.3 Å². The van der Waals surface area contributed by atoms with Gasteiger partial charge >= 0.3 is 5.97 Å². The van der Waals surface area contributed by atoms with E-state index in [1.807, 2.05) is 37.3 Å². The molecule has 0 radical (unpaired) electrons. The van der Waals surface area contributed by atoms with Gasteiger partial charge in [0, 0.05) is 0 Å². The molecular weight excluding hydrogens is 332 g/mol. The lowest BCUT2D eigenvalue weighted by atomic mass is 9.95. The molecule has 1 aliphatic rings. The Morgan fingerprint density at radius 1 is 0.923 bits per heavy atom. The molecule has 0 fully saturated rings. The fourth-order valence-corrected chi connectivity index (χ4v) is 3.50. The highest BCUT2D eigenvalue weighted by Gasteiger charge is 2.28. The fourth-order valence-electron chi connectivity index (χ4n) is 3.50. The molecule has 0 aromatic heterocycles. The molecule has 0 saturated heterocycles. The van der Waals surface area contributed by atoms with Crippen LogP contribution in [0, 0.1) is 5.92 Å². The number of benzene rings is 2. The third-order valence-corrected chi connectivity index (χ3v) is 4.76. The Balaban J connectivity index is 2.17. The number of methoxy groups -OCH3 is 3. The van der Waals surface area contributed by atoms with Crippen molar-refractivity contribution < 1.29 is 23.7 Å². The first-order valence-corrected chi connectivity index (χ1v) is 8.70. The SMILES string of the molecule is CCOC(=O)C1Cc2cc(OC)ccc2-c2cc(OC)c(OC)cc2C1. The Kier molecular flexibility index (Phi) is 5.35. The summed E-state index contributed by atoms with van der Waals surface area (Å²) in [5.74, 6) is 1.67. The maximum atomic E-state index is 12.5. The van der Waals surface area contributed by atoms with E-state index in [0.717, 1.165) is 28.0 Å². The van der Waals surface area contributed by atoms with Crippen LogP contribution in [0.4, 0.5) is 0 Å². The van der Waals surface area contributed by atoms with Crippen LogP contribution < -0.4 is 14.2 Å². The first-order chi connectivity index (χ1) is 12.6. The number of carbonyl (C=O) groups is 1. The predicted octanol–water partition coefficient (Wildman–Crippen LogP) is 3.66. The first-order valence-electron chi connectivity index (χ1n) is 8.70. The van der Waals surface area contributed by atoms with Crippen LogP contribution in [0.2, 0.25) is 0 Å². The number of fused-ring (bicyclic) bond motifs is 3. The lowest BCUT2D eigenvalue weighted by Gasteiger charge is -2.15. The normalized spacial score (nSPS) is 15.3. The number of hydrogen-bond acceptors (Lipinski definition) is 5. The van der Waals surface area contributed by atoms with Crippen LogP contribution in [0.1, 0.15) is 18.1 Å². The number of ether oxygens (including phenoxy) is 4. The number of rotatable bonds is 5. The van der Waals surface area contributed by atoms with E-state index in [9.17, 15) is 4.79 Å². The molecule has 1 unspecified atom stereocenters. The summed E-state index contributed by atoms with van der Waals surface area (Å²) in [7, 11) is 4.88. The quantitative estimate of drug-likeness (QED) is 0.766. The minimum atomic E-state index is -0.250. The maximum absolute atomic E-state index is 12.5. The van der Waals surface area contributed by atoms with Gasteiger partial charge in [0.05, 0.1) is 33.9 Å². The topological polar surface area (TPSA) is 54.0 Å². The Hall–Kier alpha value is -2.69. The minimum Gasteiger partial charge on any atom is -0.497 e. The molecular formula is C21H24O5. The molecule has 0 amide bonds. The van der Waals surface area contributed by atoms with Crippen LogP contribution in [-0.2, 0) is 22.4 Å². The monoisotopic (exact) mass is 356 g/mol. The van der Waals surface area contributed by atoms with Crippen LogP contribution in [0.3, 0.4) is 0 Å². The van der Waals surface area contributed by atoms with E-state index in [4.69, 9.17) is 18.9 Å². The molecule has 5 nitrogen and oxygen atoms in total. The highest BCUT2D eigenvalue weighted by molar-refractivity contribution is 5.80. The summed E-state index contributed by atoms with van der Waals surface area (Å²) in [4.78, 5) is 12.5. The van der Waals surface area contributed by atoms with Crippen LogP contribution in [0.25, 0.3) is 11.1 Å². The lowest BCUT2D eigenvalue weighted by Crippen LogP contribution is -2.21. The molecule has 0 aliphatic heterocycles. The van der Waals surface area contributed by atoms with Gasteiger partial charge < -0.3 is 18.9 Å². The van der Waals surface area contributed by atoms with Crippen LogP contribution in [0.5, 0.6) is 17.2 Å². The molecule has 0 N–H and O–H groups in total. The molecule has 0 heterocycles. The van der Waals surface area contributed by atoms with E-state index in [1.165, 1.54) is 0 Å². The molecule has 0 bridgehead atoms. The fraction of sp³-hybridized carbons (Fsp3) is 0.381. The zero-order valence-electron chi connectivity index (χ0n) is 15.6. The van der Waals surface area contributed by atoms with Crippen molar-refractivity contribution in [3.63, 3.8) is 0 Å². The van der Waals surface area contributed by atoms with Crippen molar-refractivity contribution in [1.82, 2.24) is 0 Å². The third kappa shape index (κ3) is 3.34. The van der Waals surface area contributed by atoms with Crippen molar-refractivity contribution in [2.75, 3.05) is 27.9 Å². The summed E-state index contributed by atoms with van der Waals surface area (Å²) in [6.07, 6.45) is 1.19. The van der Waals surface area contributed by atoms with Gasteiger partial charge in [-0.2, -0.15) is 0 Å². The number of esters is 1. The summed E-state index contributed by atoms with van der Waals surface area (Å²) in [5, 5.41) is 0. The molecule has 3 rings (SSSR count). The van der Waals surface area contributed by atoms with E-state index < -0.39 is 0 Å². The summed E-state index contributed by atoms with van der Waals surface area (Å²) in [5.41, 5.74) is 4.23. The molecule has 1 atom stereocenters. The highest BCUT2D eigenvalue weighted by Crippen LogP contribution is 2.42. The summed E-state index contributed by atoms with van der Waals surface area (Å²) >= 11 is 0. The van der Waals surface area contributed by atoms with Gasteiger partial charge in [-0.3, -0.25) is 4.79 Å². The predicted molar refractivity (Wildman–Crippen MR) is 99.1 cm³/mol. The second kappa shape index (κ2) is 7.68. The van der Waals surface area contributed by atoms with Gasteiger partial charge in [0.1, 0.15) is 5.75 Å². The average Bonchev–Trinajstić information content (AvgIpc) is 2.82. The second-order valence-corrected chi connectivity index (χ2v) is 6.24. The zero-order valence-corrected chi connectivity index (χ0v) is 15.6. The Morgan fingerprint density at radius 2 is 1.58 bits per heavy atom. The standard InChI is InChI=1S/C21H24O5/c1-5-26-21(22)15-8-13-10-16(23-2)6-7-17(13)18-12-20(25-4)19(24-3)11-14(18)9-15/h6-7,10-12,15H,5,8-9H2,1-4H3. The van der Waals surface area contributed by atoms with E-state index >= 15 is 0 Å². The van der Waals surface area contributed by atoms with Crippen molar-refractivity contribution in [1.29, 1.82) is 0 Å². The number of hydrogen-bond donors (Lipinski definition) is 0. The Labute approximate surface area is 153 Å². The minimum absolute atomic E-state index is 0.177. The van der Waals surface area contributed by atoms with Crippen molar-refractivity contribution in [2.45, 2.75) is 19.8 Å². The molecule has 26 heavy (non-hydrogen) atoms. The van der Waals surface area contributed by atoms with Gasteiger partial charge in [0.15, 0.2) is 11.5 Å². The average molecular weight is 356 g/mol. The second-order valence-electron chi connectivity index (χ2n) is 6.24. The highest BCUT2D eigenvalue weighted by atomic mass is 16.5. The van der Waals surface area contributed by atoms with E-state index in [1.54, 1.807) is 21.3 Å². The van der Waals surface area contributed by atoms with Gasteiger partial charge in [-0.1, -0.05) is 6.07 Å². The third-order valence-electron chi connectivity index (χ3n) is 4.76. The van der Waals surface area contributed by atoms with Gasteiger partial charge in [0.25, 0.3) is 0 Å². The van der Waals surface area contributed by atoms with Gasteiger partial charge in [-0.25, -0.2) is 0 Å². The van der Waals surface area contributed by atoms with E-state index in [0.29, 0.717) is 30.9 Å². The largest absolute Gasteiger partial charge is 0.497 e. The van der Waals surface area contributed by atoms with Crippen molar-refractivity contribution in [3.8, 4) is 28.4 Å². The van der Waals surface area contributed by atoms with Crippen molar-refractivity contribution >= 4 is 5.97 Å². The molecule has 0 spiro atoms. The lowest BCUT2D eigenvalue weighted by molar-refractivity contribution is -0.147. The molecule has 2 aromatic carbocycles. The Bertz CT molecular complexity index is 812. The van der Waals surface area contributed by atoms with Gasteiger partial charge in [0.2, 0.25) is 0 Å². The molecule has 0 saturated carbocycles. The first kappa shape index (κ1) is 18.1. The summed E-state index contributed by atoms with van der Waals surface area (Å²) < 4.78 is 21.6. The molecule has 2 aromatic rings. The number of carbonyl (C=O) groups excluding carboxylic acids is 1. The molecule has 138 valence electrons. The maximum Gasteiger partial charge on any atom is 0.309 e. The smallest absolute Gasteiger partial charge is 0.309 e. The van der Waals surface area contributed by atoms with Crippen molar-refractivity contribution in [2.24, 2.45) is 5.92 Å². The van der Waals surface area contributed by atoms with E-state index in [2.05, 4.69) is 0 Å². The summed E-state index contributed by atoms with van der Waals surface area (Å²) in [6, 6.07) is 9.90. The molecule has 5 heteroatoms. The van der Waals surface area contributed by atoms with Crippen LogP contribution in [0.15, 0.2) is 30.3 Å². The Morgan fingerprint density at radius 3 is 2.19 bits per heavy atom. The molecule has 1 aliphatic carbocycles. The van der Waals surface area contributed by atoms with Crippen LogP contribution in [-0.4, -0.2) is 33.9 Å². The van der Waals surface area contributed by atoms with Gasteiger partial charge in [-0.15, -0.1) is 0 Å². The zero-order chi connectivity index (χ0) is 18.7. The summed E-state index contributed by atoms with van der Waals surface area (Å²) in [6.45, 7) is 2.20. The van der Waals surface area contributed by atoms with E-state index in [-0.39, 0.29) is 11.9 Å².